The Labute approximate surface area is 171 Å². The first-order valence-corrected chi connectivity index (χ1v) is 9.69. The smallest absolute Gasteiger partial charge is 0.475 e. The van der Waals surface area contributed by atoms with Gasteiger partial charge in [-0.25, -0.2) is 4.79 Å². The van der Waals surface area contributed by atoms with Crippen molar-refractivity contribution in [3.63, 3.8) is 0 Å². The predicted molar refractivity (Wildman–Crippen MR) is 96.4 cm³/mol. The number of nitrogens with zero attached hydrogens (tertiary/aromatic N) is 4. The fourth-order valence-electron chi connectivity index (χ4n) is 3.96. The van der Waals surface area contributed by atoms with Gasteiger partial charge in [-0.05, 0) is 6.42 Å². The number of aliphatic carboxylic acids is 1. The van der Waals surface area contributed by atoms with Gasteiger partial charge in [-0.15, -0.1) is 0 Å². The predicted octanol–water partition coefficient (Wildman–Crippen LogP) is 0.644. The minimum absolute atomic E-state index is 0.143. The number of hydrogen-bond acceptors (Lipinski definition) is 6. The summed E-state index contributed by atoms with van der Waals surface area (Å²) in [4.78, 5) is 25.8. The Bertz CT molecular complexity index is 750. The van der Waals surface area contributed by atoms with Crippen LogP contribution in [0, 0.1) is 0 Å². The third kappa shape index (κ3) is 5.49. The van der Waals surface area contributed by atoms with Crippen LogP contribution in [0.2, 0.25) is 0 Å². The lowest BCUT2D eigenvalue weighted by molar-refractivity contribution is -0.192. The van der Waals surface area contributed by atoms with Gasteiger partial charge in [0.25, 0.3) is 5.91 Å². The highest BCUT2D eigenvalue weighted by molar-refractivity contribution is 5.81. The van der Waals surface area contributed by atoms with Gasteiger partial charge in [-0.2, -0.15) is 18.3 Å². The van der Waals surface area contributed by atoms with Gasteiger partial charge in [0.15, 0.2) is 0 Å². The molecule has 0 aromatic carbocycles. The van der Waals surface area contributed by atoms with E-state index in [4.69, 9.17) is 19.4 Å². The van der Waals surface area contributed by atoms with E-state index in [1.54, 1.807) is 0 Å². The zero-order chi connectivity index (χ0) is 21.9. The summed E-state index contributed by atoms with van der Waals surface area (Å²) >= 11 is 0. The molecule has 3 atom stereocenters. The van der Waals surface area contributed by atoms with E-state index in [1.165, 1.54) is 5.56 Å². The number of ether oxygens (including phenoxy) is 2. The standard InChI is InChI=1S/C16H24N4O3.C2HF3O2/c1-18-10-12(9-17-18)11-20-3-2-14-13(20)8-15(23-14)16(21)19-4-6-22-7-5-19;3-2(4,5)1(6)7/h9-10,13-15H,2-8,11H2,1H3;(H,6,7)/t13-,14-,15+;/m0./s1. The third-order valence-electron chi connectivity index (χ3n) is 5.38. The summed E-state index contributed by atoms with van der Waals surface area (Å²) in [5, 5.41) is 11.4. The number of aryl methyl sites for hydroxylation is 1. The molecule has 0 spiro atoms. The number of halogens is 3. The summed E-state index contributed by atoms with van der Waals surface area (Å²) < 4.78 is 45.0. The van der Waals surface area contributed by atoms with Gasteiger partial charge in [0, 0.05) is 57.4 Å². The fourth-order valence-corrected chi connectivity index (χ4v) is 3.96. The zero-order valence-corrected chi connectivity index (χ0v) is 16.5. The maximum absolute atomic E-state index is 12.6. The summed E-state index contributed by atoms with van der Waals surface area (Å²) in [6.07, 6.45) is 0.624. The van der Waals surface area contributed by atoms with Crippen molar-refractivity contribution in [2.75, 3.05) is 32.8 Å². The molecule has 0 aliphatic carbocycles. The van der Waals surface area contributed by atoms with Crippen molar-refractivity contribution in [1.29, 1.82) is 0 Å². The Morgan fingerprint density at radius 1 is 1.27 bits per heavy atom. The Morgan fingerprint density at radius 2 is 1.93 bits per heavy atom. The number of rotatable bonds is 3. The number of amides is 1. The molecule has 3 fully saturated rings. The third-order valence-corrected chi connectivity index (χ3v) is 5.38. The van der Waals surface area contributed by atoms with Crippen LogP contribution in [0.15, 0.2) is 12.4 Å². The van der Waals surface area contributed by atoms with Crippen molar-refractivity contribution < 1.29 is 37.3 Å². The first-order chi connectivity index (χ1) is 14.1. The molecule has 3 saturated heterocycles. The maximum atomic E-state index is 12.6. The number of carboxylic acids is 1. The number of likely N-dealkylation sites (tertiary alicyclic amines) is 1. The van der Waals surface area contributed by atoms with Crippen LogP contribution in [0.4, 0.5) is 13.2 Å². The van der Waals surface area contributed by atoms with Crippen LogP contribution in [0.1, 0.15) is 18.4 Å². The highest BCUT2D eigenvalue weighted by Crippen LogP contribution is 2.34. The van der Waals surface area contributed by atoms with E-state index in [1.807, 2.05) is 22.8 Å². The highest BCUT2D eigenvalue weighted by Gasteiger charge is 2.46. The quantitative estimate of drug-likeness (QED) is 0.746. The van der Waals surface area contributed by atoms with Crippen LogP contribution in [-0.2, 0) is 32.7 Å². The molecule has 30 heavy (non-hydrogen) atoms. The Kier molecular flexibility index (Phi) is 6.98. The van der Waals surface area contributed by atoms with Crippen molar-refractivity contribution in [3.05, 3.63) is 18.0 Å². The molecule has 1 aromatic heterocycles. The summed E-state index contributed by atoms with van der Waals surface area (Å²) in [7, 11) is 1.94. The second-order valence-corrected chi connectivity index (χ2v) is 7.49. The van der Waals surface area contributed by atoms with E-state index in [0.717, 1.165) is 25.9 Å². The molecule has 12 heteroatoms. The van der Waals surface area contributed by atoms with E-state index >= 15 is 0 Å². The van der Waals surface area contributed by atoms with Crippen molar-refractivity contribution in [1.82, 2.24) is 19.6 Å². The molecular formula is C18H25F3N4O5. The molecule has 0 unspecified atom stereocenters. The molecule has 4 heterocycles. The number of carbonyl (C=O) groups is 2. The van der Waals surface area contributed by atoms with Crippen LogP contribution in [0.5, 0.6) is 0 Å². The average molecular weight is 434 g/mol. The molecule has 0 radical (unpaired) electrons. The molecule has 3 aliphatic rings. The molecule has 0 saturated carbocycles. The number of carbonyl (C=O) groups excluding carboxylic acids is 1. The fraction of sp³-hybridized carbons (Fsp3) is 0.722. The Morgan fingerprint density at radius 3 is 2.50 bits per heavy atom. The van der Waals surface area contributed by atoms with E-state index in [9.17, 15) is 18.0 Å². The highest BCUT2D eigenvalue weighted by atomic mass is 19.4. The topological polar surface area (TPSA) is 97.1 Å². The number of hydrogen-bond donors (Lipinski definition) is 1. The minimum Gasteiger partial charge on any atom is -0.475 e. The van der Waals surface area contributed by atoms with Gasteiger partial charge in [-0.3, -0.25) is 14.4 Å². The molecule has 168 valence electrons. The first-order valence-electron chi connectivity index (χ1n) is 9.69. The normalized spacial score (nSPS) is 26.8. The molecule has 1 N–H and O–H groups in total. The lowest BCUT2D eigenvalue weighted by Crippen LogP contribution is -2.46. The van der Waals surface area contributed by atoms with Gasteiger partial charge in [0.05, 0.1) is 25.5 Å². The first kappa shape index (κ1) is 22.5. The number of morpholine rings is 1. The van der Waals surface area contributed by atoms with E-state index < -0.39 is 12.1 Å². The molecule has 0 bridgehead atoms. The summed E-state index contributed by atoms with van der Waals surface area (Å²) in [6, 6.07) is 0.352. The summed E-state index contributed by atoms with van der Waals surface area (Å²) in [5.74, 6) is -2.61. The van der Waals surface area contributed by atoms with Crippen LogP contribution >= 0.6 is 0 Å². The van der Waals surface area contributed by atoms with Crippen LogP contribution in [-0.4, -0.2) is 93.8 Å². The molecule has 1 aromatic rings. The van der Waals surface area contributed by atoms with Crippen LogP contribution in [0.3, 0.4) is 0 Å². The lowest BCUT2D eigenvalue weighted by atomic mass is 10.1. The largest absolute Gasteiger partial charge is 0.490 e. The van der Waals surface area contributed by atoms with E-state index in [0.29, 0.717) is 32.3 Å². The monoisotopic (exact) mass is 434 g/mol. The van der Waals surface area contributed by atoms with Gasteiger partial charge in [0.1, 0.15) is 6.10 Å². The maximum Gasteiger partial charge on any atom is 0.490 e. The number of fused-ring (bicyclic) bond motifs is 1. The number of carboxylic acid groups (broad SMARTS) is 1. The number of aromatic nitrogens is 2. The lowest BCUT2D eigenvalue weighted by Gasteiger charge is -2.29. The zero-order valence-electron chi connectivity index (χ0n) is 16.5. The van der Waals surface area contributed by atoms with Crippen molar-refractivity contribution in [2.45, 2.75) is 43.8 Å². The second kappa shape index (κ2) is 9.31. The molecule has 3 aliphatic heterocycles. The Balaban J connectivity index is 0.000000318. The minimum atomic E-state index is -5.08. The SMILES string of the molecule is Cn1cc(CN2CC[C@@H]3O[C@@H](C(=O)N4CCOCC4)C[C@@H]32)cn1.O=C(O)C(F)(F)F. The molecular weight excluding hydrogens is 409 g/mol. The van der Waals surface area contributed by atoms with Crippen molar-refractivity contribution in [2.24, 2.45) is 7.05 Å². The van der Waals surface area contributed by atoms with Gasteiger partial charge in [-0.1, -0.05) is 0 Å². The van der Waals surface area contributed by atoms with Crippen molar-refractivity contribution in [3.8, 4) is 0 Å². The number of alkyl halides is 3. The summed E-state index contributed by atoms with van der Waals surface area (Å²) in [6.45, 7) is 4.57. The van der Waals surface area contributed by atoms with E-state index in [-0.39, 0.29) is 18.1 Å². The van der Waals surface area contributed by atoms with Gasteiger partial charge >= 0.3 is 12.1 Å². The van der Waals surface area contributed by atoms with Crippen LogP contribution in [0.25, 0.3) is 0 Å². The molecule has 9 nitrogen and oxygen atoms in total. The summed E-state index contributed by atoms with van der Waals surface area (Å²) in [5.41, 5.74) is 1.22. The average Bonchev–Trinajstić information content (AvgIpc) is 3.39. The van der Waals surface area contributed by atoms with Crippen LogP contribution < -0.4 is 0 Å². The Hall–Kier alpha value is -2.18. The van der Waals surface area contributed by atoms with Crippen molar-refractivity contribution >= 4 is 11.9 Å². The second-order valence-electron chi connectivity index (χ2n) is 7.49. The molecule has 4 rings (SSSR count). The van der Waals surface area contributed by atoms with E-state index in [2.05, 4.69) is 16.2 Å². The van der Waals surface area contributed by atoms with Gasteiger partial charge in [0.2, 0.25) is 0 Å². The molecule has 1 amide bonds. The van der Waals surface area contributed by atoms with Gasteiger partial charge < -0.3 is 19.5 Å².